The van der Waals surface area contributed by atoms with Gasteiger partial charge in [-0.15, -0.1) is 0 Å². The van der Waals surface area contributed by atoms with E-state index in [-0.39, 0.29) is 5.97 Å². The van der Waals surface area contributed by atoms with Crippen molar-refractivity contribution < 1.29 is 14.3 Å². The lowest BCUT2D eigenvalue weighted by molar-refractivity contribution is 0.0601. The molecule has 9 nitrogen and oxygen atoms in total. The molecule has 2 aromatic carbocycles. The quantitative estimate of drug-likeness (QED) is 0.151. The van der Waals surface area contributed by atoms with Crippen LogP contribution in [0.3, 0.4) is 0 Å². The summed E-state index contributed by atoms with van der Waals surface area (Å²) in [4.78, 5) is 28.6. The molecule has 232 valence electrons. The number of methoxy groups -OCH3 is 1. The molecule has 0 radical (unpaired) electrons. The molecule has 1 fully saturated rings. The Labute approximate surface area is 272 Å². The van der Waals surface area contributed by atoms with Crippen LogP contribution in [-0.2, 0) is 31.0 Å². The second-order valence-corrected chi connectivity index (χ2v) is 11.8. The summed E-state index contributed by atoms with van der Waals surface area (Å²) >= 11 is 12.2. The molecule has 0 spiro atoms. The average molecular weight is 646 g/mol. The molecule has 3 aromatic heterocycles. The molecule has 11 heteroatoms. The minimum atomic E-state index is -0.361. The number of rotatable bonds is 10. The zero-order valence-corrected chi connectivity index (χ0v) is 26.8. The third-order valence-electron chi connectivity index (χ3n) is 8.05. The molecule has 0 amide bonds. The van der Waals surface area contributed by atoms with Crippen LogP contribution in [0.2, 0.25) is 10.0 Å². The molecule has 0 N–H and O–H groups in total. The summed E-state index contributed by atoms with van der Waals surface area (Å²) in [6.07, 6.45) is 9.73. The first-order valence-electron chi connectivity index (χ1n) is 14.9. The summed E-state index contributed by atoms with van der Waals surface area (Å²) in [6.45, 7) is 6.41. The summed E-state index contributed by atoms with van der Waals surface area (Å²) in [5.74, 6) is 1.18. The van der Waals surface area contributed by atoms with Crippen molar-refractivity contribution in [2.24, 2.45) is 0 Å². The highest BCUT2D eigenvalue weighted by molar-refractivity contribution is 6.35. The lowest BCUT2D eigenvalue weighted by atomic mass is 10.0. The van der Waals surface area contributed by atoms with E-state index >= 15 is 0 Å². The molecular formula is C34H34Cl2N6O3. The summed E-state index contributed by atoms with van der Waals surface area (Å²) in [7, 11) is 1.40. The summed E-state index contributed by atoms with van der Waals surface area (Å²) < 4.78 is 15.2. The largest absolute Gasteiger partial charge is 0.486 e. The number of carbonyl (C=O) groups is 1. The number of esters is 1. The maximum Gasteiger partial charge on any atom is 0.337 e. The fourth-order valence-electron chi connectivity index (χ4n) is 5.63. The zero-order chi connectivity index (χ0) is 31.3. The van der Waals surface area contributed by atoms with Crippen LogP contribution in [0.5, 0.6) is 5.75 Å². The van der Waals surface area contributed by atoms with E-state index in [1.165, 1.54) is 12.7 Å². The van der Waals surface area contributed by atoms with Gasteiger partial charge >= 0.3 is 5.97 Å². The molecule has 4 heterocycles. The number of pyridine rings is 1. The third kappa shape index (κ3) is 7.22. The molecule has 1 aliphatic heterocycles. The van der Waals surface area contributed by atoms with Crippen LogP contribution in [0.4, 0.5) is 0 Å². The molecular weight excluding hydrogens is 611 g/mol. The molecule has 6 rings (SSSR count). The van der Waals surface area contributed by atoms with Crippen molar-refractivity contribution >= 4 is 46.3 Å². The van der Waals surface area contributed by atoms with Crippen molar-refractivity contribution in [2.75, 3.05) is 20.2 Å². The van der Waals surface area contributed by atoms with E-state index < -0.39 is 0 Å². The maximum absolute atomic E-state index is 12.3. The normalized spacial score (nSPS) is 13.7. The van der Waals surface area contributed by atoms with Crippen molar-refractivity contribution in [1.82, 2.24) is 29.0 Å². The van der Waals surface area contributed by atoms with Gasteiger partial charge in [-0.2, -0.15) is 0 Å². The number of hydrogen-bond donors (Lipinski definition) is 0. The number of imidazole rings is 2. The smallest absolute Gasteiger partial charge is 0.337 e. The van der Waals surface area contributed by atoms with Gasteiger partial charge in [0.25, 0.3) is 0 Å². The number of aryl methyl sites for hydroxylation is 1. The lowest BCUT2D eigenvalue weighted by Crippen LogP contribution is -2.31. The van der Waals surface area contributed by atoms with Crippen LogP contribution in [0.1, 0.15) is 52.9 Å². The van der Waals surface area contributed by atoms with E-state index in [1.54, 1.807) is 24.3 Å². The standard InChI is InChI=1S/C34H34Cl2N6O3/c1-3-41-22-37-18-28(41)19-42-31-16-25(34(43)44-2)4-6-30(31)39-33(42)20-40-12-9-23(10-13-40)14-24-8-11-38-27(15-24)21-45-32-7-5-26(35)17-29(32)36/h4-8,11,14-18,22H,3,9-10,12-13,19-21H2,1-2H3. The van der Waals surface area contributed by atoms with Crippen LogP contribution in [0.25, 0.3) is 17.1 Å². The van der Waals surface area contributed by atoms with Gasteiger partial charge in [-0.25, -0.2) is 14.8 Å². The van der Waals surface area contributed by atoms with Gasteiger partial charge in [0.2, 0.25) is 0 Å². The van der Waals surface area contributed by atoms with Gasteiger partial charge < -0.3 is 18.6 Å². The van der Waals surface area contributed by atoms with Gasteiger partial charge in [-0.05, 0) is 73.9 Å². The number of halogens is 2. The van der Waals surface area contributed by atoms with Gasteiger partial charge in [0.05, 0.1) is 59.5 Å². The van der Waals surface area contributed by atoms with Crippen LogP contribution >= 0.6 is 23.2 Å². The Bertz CT molecular complexity index is 1850. The number of likely N-dealkylation sites (tertiary alicyclic amines) is 1. The van der Waals surface area contributed by atoms with Crippen molar-refractivity contribution in [3.63, 3.8) is 0 Å². The second-order valence-electron chi connectivity index (χ2n) is 11.0. The predicted octanol–water partition coefficient (Wildman–Crippen LogP) is 7.05. The summed E-state index contributed by atoms with van der Waals surface area (Å²) in [5.41, 5.74) is 6.68. The molecule has 5 aromatic rings. The highest BCUT2D eigenvalue weighted by Crippen LogP contribution is 2.29. The van der Waals surface area contributed by atoms with Crippen LogP contribution < -0.4 is 4.74 Å². The summed E-state index contributed by atoms with van der Waals surface area (Å²) in [6, 6.07) is 14.8. The first-order chi connectivity index (χ1) is 21.9. The van der Waals surface area contributed by atoms with Gasteiger partial charge in [0.1, 0.15) is 18.2 Å². The predicted molar refractivity (Wildman–Crippen MR) is 176 cm³/mol. The lowest BCUT2D eigenvalue weighted by Gasteiger charge is -2.28. The van der Waals surface area contributed by atoms with E-state index in [9.17, 15) is 4.79 Å². The van der Waals surface area contributed by atoms with Gasteiger partial charge in [0, 0.05) is 37.1 Å². The third-order valence-corrected chi connectivity index (χ3v) is 8.58. The van der Waals surface area contributed by atoms with Gasteiger partial charge in [-0.3, -0.25) is 9.88 Å². The first-order valence-corrected chi connectivity index (χ1v) is 15.7. The molecule has 0 bridgehead atoms. The van der Waals surface area contributed by atoms with Crippen molar-refractivity contribution in [1.29, 1.82) is 0 Å². The highest BCUT2D eigenvalue weighted by atomic mass is 35.5. The second kappa shape index (κ2) is 13.9. The van der Waals surface area contributed by atoms with Crippen molar-refractivity contribution in [3.05, 3.63) is 111 Å². The van der Waals surface area contributed by atoms with E-state index in [2.05, 4.69) is 43.1 Å². The van der Waals surface area contributed by atoms with E-state index in [0.717, 1.165) is 66.3 Å². The Hall–Kier alpha value is -4.18. The number of hydrogen-bond acceptors (Lipinski definition) is 7. The maximum atomic E-state index is 12.3. The number of aromatic nitrogens is 5. The topological polar surface area (TPSA) is 87.3 Å². The zero-order valence-electron chi connectivity index (χ0n) is 25.2. The number of fused-ring (bicyclic) bond motifs is 1. The van der Waals surface area contributed by atoms with E-state index in [0.29, 0.717) is 41.1 Å². The van der Waals surface area contributed by atoms with Crippen LogP contribution in [0.15, 0.2) is 72.8 Å². The number of benzene rings is 2. The van der Waals surface area contributed by atoms with Gasteiger partial charge in [-0.1, -0.05) is 34.9 Å². The Morgan fingerprint density at radius 3 is 2.67 bits per heavy atom. The Morgan fingerprint density at radius 1 is 1.04 bits per heavy atom. The minimum Gasteiger partial charge on any atom is -0.486 e. The van der Waals surface area contributed by atoms with Crippen molar-refractivity contribution in [3.8, 4) is 5.75 Å². The molecule has 1 saturated heterocycles. The number of piperidine rings is 1. The number of ether oxygens (including phenoxy) is 2. The van der Waals surface area contributed by atoms with Gasteiger partial charge in [0.15, 0.2) is 0 Å². The van der Waals surface area contributed by atoms with Crippen LogP contribution in [-0.4, -0.2) is 55.2 Å². The first kappa shape index (κ1) is 30.8. The van der Waals surface area contributed by atoms with Crippen LogP contribution in [0, 0.1) is 0 Å². The molecule has 0 atom stereocenters. The Kier molecular flexibility index (Phi) is 9.49. The number of nitrogens with zero attached hydrogens (tertiary/aromatic N) is 6. The van der Waals surface area contributed by atoms with E-state index in [1.807, 2.05) is 36.9 Å². The number of carbonyl (C=O) groups excluding carboxylic acids is 1. The molecule has 1 aliphatic rings. The summed E-state index contributed by atoms with van der Waals surface area (Å²) in [5, 5.41) is 1.04. The highest BCUT2D eigenvalue weighted by Gasteiger charge is 2.20. The fraction of sp³-hybridized carbons (Fsp3) is 0.294. The minimum absolute atomic E-state index is 0.313. The SMILES string of the molecule is CCn1cncc1Cn1c(CN2CCC(=Cc3ccnc(COc4ccc(Cl)cc4Cl)c3)CC2)nc2ccc(C(=O)OC)cc21. The monoisotopic (exact) mass is 644 g/mol. The van der Waals surface area contributed by atoms with E-state index in [4.69, 9.17) is 37.7 Å². The molecule has 0 unspecified atom stereocenters. The molecule has 0 aliphatic carbocycles. The fourth-order valence-corrected chi connectivity index (χ4v) is 6.09. The average Bonchev–Trinajstić information content (AvgIpc) is 3.65. The molecule has 45 heavy (non-hydrogen) atoms. The Morgan fingerprint density at radius 2 is 1.89 bits per heavy atom. The Balaban J connectivity index is 1.14. The molecule has 0 saturated carbocycles. The van der Waals surface area contributed by atoms with Crippen molar-refractivity contribution in [2.45, 2.75) is 46.0 Å².